The normalized spacial score (nSPS) is 13.4. The van der Waals surface area contributed by atoms with Gasteiger partial charge in [-0.25, -0.2) is 4.79 Å². The van der Waals surface area contributed by atoms with Crippen LogP contribution in [0.2, 0.25) is 0 Å². The Bertz CT molecular complexity index is 567. The Labute approximate surface area is 102 Å². The average Bonchev–Trinajstić information content (AvgIpc) is 2.54. The number of nitrogens with two attached hydrogens (primary N) is 1. The van der Waals surface area contributed by atoms with E-state index in [9.17, 15) is 19.2 Å². The lowest BCUT2D eigenvalue weighted by Gasteiger charge is -2.14. The van der Waals surface area contributed by atoms with Gasteiger partial charge in [-0.1, -0.05) is 12.1 Å². The highest BCUT2D eigenvalue weighted by molar-refractivity contribution is 6.52. The molecule has 18 heavy (non-hydrogen) atoms. The number of nitrogens with zero attached hydrogens (tertiary/aromatic N) is 1. The third-order valence-electron chi connectivity index (χ3n) is 2.44. The molecule has 3 N–H and O–H groups in total. The summed E-state index contributed by atoms with van der Waals surface area (Å²) < 4.78 is 0. The molecule has 1 aliphatic heterocycles. The van der Waals surface area contributed by atoms with Crippen LogP contribution in [0.1, 0.15) is 10.4 Å². The van der Waals surface area contributed by atoms with Gasteiger partial charge in [0.15, 0.2) is 0 Å². The smallest absolute Gasteiger partial charge is 0.318 e. The molecule has 7 nitrogen and oxygen atoms in total. The number of hydrogen-bond donors (Lipinski definition) is 2. The molecule has 0 atom stereocenters. The Morgan fingerprint density at radius 1 is 1.22 bits per heavy atom. The summed E-state index contributed by atoms with van der Waals surface area (Å²) in [5, 5.41) is 1.83. The summed E-state index contributed by atoms with van der Waals surface area (Å²) in [7, 11) is 0. The number of Topliss-reactive ketones (excluding diaryl/α,β-unsaturated/α-hetero) is 1. The number of ketones is 1. The fourth-order valence-electron chi connectivity index (χ4n) is 1.73. The van der Waals surface area contributed by atoms with E-state index in [0.717, 1.165) is 4.90 Å². The van der Waals surface area contributed by atoms with Gasteiger partial charge in [-0.3, -0.25) is 24.6 Å². The molecule has 0 spiro atoms. The van der Waals surface area contributed by atoms with Crippen molar-refractivity contribution in [1.29, 1.82) is 0 Å². The summed E-state index contributed by atoms with van der Waals surface area (Å²) in [4.78, 5) is 46.1. The fraction of sp³-hybridized carbons (Fsp3) is 0.0909. The molecule has 0 saturated carbocycles. The standard InChI is InChI=1S/C11H9N3O4/c12-11(18)13-8(15)5-14-7-4-2-1-3-6(7)9(16)10(14)17/h1-4H,5H2,(H3,12,13,15,18). The van der Waals surface area contributed by atoms with Crippen LogP contribution in [0.5, 0.6) is 0 Å². The van der Waals surface area contributed by atoms with Crippen molar-refractivity contribution in [3.05, 3.63) is 29.8 Å². The minimum Gasteiger partial charge on any atom is -0.351 e. The number of fused-ring (bicyclic) bond motifs is 1. The molecule has 2 rings (SSSR count). The summed E-state index contributed by atoms with van der Waals surface area (Å²) in [6, 6.07) is 5.31. The van der Waals surface area contributed by atoms with Gasteiger partial charge in [0, 0.05) is 0 Å². The number of rotatable bonds is 2. The van der Waals surface area contributed by atoms with Crippen LogP contribution in [0.25, 0.3) is 0 Å². The maximum atomic E-state index is 11.7. The molecular formula is C11H9N3O4. The molecule has 0 saturated heterocycles. The third-order valence-corrected chi connectivity index (χ3v) is 2.44. The zero-order chi connectivity index (χ0) is 13.3. The molecule has 0 bridgehead atoms. The summed E-state index contributed by atoms with van der Waals surface area (Å²) in [5.41, 5.74) is 5.38. The van der Waals surface area contributed by atoms with Crippen molar-refractivity contribution < 1.29 is 19.2 Å². The highest BCUT2D eigenvalue weighted by Gasteiger charge is 2.36. The van der Waals surface area contributed by atoms with Gasteiger partial charge in [-0.15, -0.1) is 0 Å². The Hall–Kier alpha value is -2.70. The summed E-state index contributed by atoms with van der Waals surface area (Å²) >= 11 is 0. The average molecular weight is 247 g/mol. The van der Waals surface area contributed by atoms with Gasteiger partial charge in [-0.2, -0.15) is 0 Å². The third kappa shape index (κ3) is 1.93. The van der Waals surface area contributed by atoms with Crippen molar-refractivity contribution in [2.75, 3.05) is 11.4 Å². The van der Waals surface area contributed by atoms with Crippen LogP contribution in [0.4, 0.5) is 10.5 Å². The molecule has 7 heteroatoms. The monoisotopic (exact) mass is 247 g/mol. The Morgan fingerprint density at radius 2 is 1.89 bits per heavy atom. The molecule has 0 radical (unpaired) electrons. The van der Waals surface area contributed by atoms with Crippen molar-refractivity contribution >= 4 is 29.3 Å². The van der Waals surface area contributed by atoms with Crippen molar-refractivity contribution in [3.8, 4) is 0 Å². The van der Waals surface area contributed by atoms with Crippen molar-refractivity contribution in [1.82, 2.24) is 5.32 Å². The van der Waals surface area contributed by atoms with E-state index in [1.807, 2.05) is 5.32 Å². The quantitative estimate of drug-likeness (QED) is 0.680. The molecule has 4 amide bonds. The minimum absolute atomic E-state index is 0.245. The van der Waals surface area contributed by atoms with E-state index in [0.29, 0.717) is 5.69 Å². The lowest BCUT2D eigenvalue weighted by atomic mass is 10.1. The number of benzene rings is 1. The molecular weight excluding hydrogens is 238 g/mol. The number of hydrogen-bond acceptors (Lipinski definition) is 4. The van der Waals surface area contributed by atoms with Gasteiger partial charge in [-0.05, 0) is 12.1 Å². The van der Waals surface area contributed by atoms with E-state index in [4.69, 9.17) is 5.73 Å². The second kappa shape index (κ2) is 4.28. The highest BCUT2D eigenvalue weighted by Crippen LogP contribution is 2.27. The molecule has 1 aliphatic rings. The van der Waals surface area contributed by atoms with Crippen LogP contribution in [0.3, 0.4) is 0 Å². The molecule has 92 valence electrons. The van der Waals surface area contributed by atoms with Crippen molar-refractivity contribution in [2.24, 2.45) is 5.73 Å². The van der Waals surface area contributed by atoms with Gasteiger partial charge in [0.05, 0.1) is 11.3 Å². The van der Waals surface area contributed by atoms with E-state index >= 15 is 0 Å². The van der Waals surface area contributed by atoms with Crippen molar-refractivity contribution in [3.63, 3.8) is 0 Å². The number of primary amides is 1. The van der Waals surface area contributed by atoms with Gasteiger partial charge in [0.1, 0.15) is 6.54 Å². The molecule has 0 aromatic heterocycles. The molecule has 1 aromatic carbocycles. The van der Waals surface area contributed by atoms with Crippen molar-refractivity contribution in [2.45, 2.75) is 0 Å². The number of urea groups is 1. The van der Waals surface area contributed by atoms with Crippen LogP contribution >= 0.6 is 0 Å². The summed E-state index contributed by atoms with van der Waals surface area (Å²) in [6.45, 7) is -0.426. The summed E-state index contributed by atoms with van der Waals surface area (Å²) in [6.07, 6.45) is 0. The lowest BCUT2D eigenvalue weighted by molar-refractivity contribution is -0.121. The molecule has 0 fully saturated rings. The van der Waals surface area contributed by atoms with Crippen LogP contribution < -0.4 is 16.0 Å². The topological polar surface area (TPSA) is 110 Å². The first-order valence-electron chi connectivity index (χ1n) is 5.05. The largest absolute Gasteiger partial charge is 0.351 e. The maximum absolute atomic E-state index is 11.7. The van der Waals surface area contributed by atoms with E-state index in [1.54, 1.807) is 18.2 Å². The number of anilines is 1. The number of nitrogens with one attached hydrogen (secondary N) is 1. The van der Waals surface area contributed by atoms with E-state index in [1.165, 1.54) is 6.07 Å². The zero-order valence-electron chi connectivity index (χ0n) is 9.17. The Balaban J connectivity index is 2.24. The van der Waals surface area contributed by atoms with Crippen LogP contribution in [0.15, 0.2) is 24.3 Å². The summed E-state index contributed by atoms with van der Waals surface area (Å²) in [5.74, 6) is -2.21. The highest BCUT2D eigenvalue weighted by atomic mass is 16.2. The predicted octanol–water partition coefficient (Wildman–Crippen LogP) is -0.589. The molecule has 0 unspecified atom stereocenters. The number of para-hydroxylation sites is 1. The van der Waals surface area contributed by atoms with Crippen LogP contribution in [-0.4, -0.2) is 30.2 Å². The van der Waals surface area contributed by atoms with E-state index < -0.39 is 30.2 Å². The Kier molecular flexibility index (Phi) is 2.80. The number of carbonyl (C=O) groups is 4. The first kappa shape index (κ1) is 11.8. The lowest BCUT2D eigenvalue weighted by Crippen LogP contribution is -2.44. The molecule has 1 aromatic rings. The fourth-order valence-corrected chi connectivity index (χ4v) is 1.73. The van der Waals surface area contributed by atoms with Gasteiger partial charge in [0.2, 0.25) is 5.91 Å². The number of carbonyl (C=O) groups excluding carboxylic acids is 4. The van der Waals surface area contributed by atoms with Crippen LogP contribution in [0, 0.1) is 0 Å². The first-order valence-corrected chi connectivity index (χ1v) is 5.05. The van der Waals surface area contributed by atoms with E-state index in [2.05, 4.69) is 0 Å². The zero-order valence-corrected chi connectivity index (χ0v) is 9.17. The second-order valence-electron chi connectivity index (χ2n) is 3.65. The van der Waals surface area contributed by atoms with Gasteiger partial charge >= 0.3 is 6.03 Å². The Morgan fingerprint density at radius 3 is 2.56 bits per heavy atom. The minimum atomic E-state index is -1.01. The van der Waals surface area contributed by atoms with E-state index in [-0.39, 0.29) is 5.56 Å². The number of imide groups is 1. The maximum Gasteiger partial charge on any atom is 0.318 e. The van der Waals surface area contributed by atoms with Gasteiger partial charge in [0.25, 0.3) is 11.7 Å². The number of amides is 4. The molecule has 1 heterocycles. The predicted molar refractivity (Wildman–Crippen MR) is 60.9 cm³/mol. The molecule has 0 aliphatic carbocycles. The first-order chi connectivity index (χ1) is 8.50. The van der Waals surface area contributed by atoms with Gasteiger partial charge < -0.3 is 5.73 Å². The second-order valence-corrected chi connectivity index (χ2v) is 3.65. The SMILES string of the molecule is NC(=O)NC(=O)CN1C(=O)C(=O)c2ccccc21. The van der Waals surface area contributed by atoms with Crippen LogP contribution in [-0.2, 0) is 9.59 Å².